The van der Waals surface area contributed by atoms with Gasteiger partial charge in [-0.2, -0.15) is 0 Å². The number of hydrogen-bond donors (Lipinski definition) is 2. The van der Waals surface area contributed by atoms with Gasteiger partial charge in [-0.15, -0.1) is 30.4 Å². The summed E-state index contributed by atoms with van der Waals surface area (Å²) in [4.78, 5) is 21.5. The summed E-state index contributed by atoms with van der Waals surface area (Å²) >= 11 is 0. The van der Waals surface area contributed by atoms with Crippen LogP contribution in [0.1, 0.15) is 11.1 Å². The van der Waals surface area contributed by atoms with Crippen molar-refractivity contribution in [3.63, 3.8) is 0 Å². The number of halogens is 1. The molecule has 0 saturated carbocycles. The van der Waals surface area contributed by atoms with Crippen LogP contribution in [-0.4, -0.2) is 73.6 Å². The predicted molar refractivity (Wildman–Crippen MR) is 142 cm³/mol. The third-order valence-electron chi connectivity index (χ3n) is 5.88. The van der Waals surface area contributed by atoms with Gasteiger partial charge in [0.15, 0.2) is 5.96 Å². The molecule has 2 aromatic carbocycles. The van der Waals surface area contributed by atoms with Crippen molar-refractivity contribution in [2.24, 2.45) is 4.99 Å². The number of aliphatic imine (C=N–C) groups is 1. The highest BCUT2D eigenvalue weighted by Crippen LogP contribution is 2.24. The number of fused-ring (bicyclic) bond motifs is 1. The lowest BCUT2D eigenvalue weighted by Crippen LogP contribution is -2.50. The van der Waals surface area contributed by atoms with Crippen LogP contribution in [0.2, 0.25) is 0 Å². The minimum atomic E-state index is -0.154. The molecular formula is C25H30IN5O2. The molecule has 2 aliphatic heterocycles. The lowest BCUT2D eigenvalue weighted by atomic mass is 10.1. The largest absolute Gasteiger partial charge is 0.373 e. The molecule has 2 N–H and O–H groups in total. The van der Waals surface area contributed by atoms with Gasteiger partial charge in [-0.1, -0.05) is 42.3 Å². The maximum atomic E-state index is 12.4. The molecule has 0 spiro atoms. The zero-order chi connectivity index (χ0) is 22.3. The van der Waals surface area contributed by atoms with E-state index in [1.165, 1.54) is 5.56 Å². The first kappa shape index (κ1) is 25.0. The summed E-state index contributed by atoms with van der Waals surface area (Å²) in [5.74, 6) is 3.12. The Morgan fingerprint density at radius 3 is 2.79 bits per heavy atom. The fourth-order valence-corrected chi connectivity index (χ4v) is 4.33. The summed E-state index contributed by atoms with van der Waals surface area (Å²) in [6, 6.07) is 18.1. The molecule has 2 aliphatic rings. The minimum absolute atomic E-state index is 0. The Bertz CT molecular complexity index is 1010. The number of likely N-dealkylation sites (tertiary alicyclic amines) is 1. The van der Waals surface area contributed by atoms with E-state index in [1.54, 1.807) is 13.1 Å². The number of amides is 1. The number of carbonyl (C=O) groups excluding carboxylic acids is 1. The normalized spacial score (nSPS) is 20.4. The molecule has 2 heterocycles. The molecule has 0 bridgehead atoms. The van der Waals surface area contributed by atoms with Crippen LogP contribution in [-0.2, 0) is 16.1 Å². The zero-order valence-corrected chi connectivity index (χ0v) is 21.1. The van der Waals surface area contributed by atoms with Crippen molar-refractivity contribution in [2.45, 2.75) is 18.7 Å². The van der Waals surface area contributed by atoms with E-state index in [-0.39, 0.29) is 42.5 Å². The Balaban J connectivity index is 0.00000306. The SMILES string of the molecule is C#Cc1cccc(NC(=O)CNC(=NC)N2CC3OCCN(Cc4ccccc4)C3C2)c1.I. The summed E-state index contributed by atoms with van der Waals surface area (Å²) in [7, 11) is 1.74. The van der Waals surface area contributed by atoms with Crippen LogP contribution in [0, 0.1) is 12.3 Å². The van der Waals surface area contributed by atoms with Gasteiger partial charge < -0.3 is 20.3 Å². The molecule has 2 unspecified atom stereocenters. The second-order valence-corrected chi connectivity index (χ2v) is 8.01. The molecule has 2 aromatic rings. The van der Waals surface area contributed by atoms with E-state index in [9.17, 15) is 4.79 Å². The number of ether oxygens (including phenoxy) is 1. The number of rotatable bonds is 5. The van der Waals surface area contributed by atoms with Crippen molar-refractivity contribution in [1.82, 2.24) is 15.1 Å². The smallest absolute Gasteiger partial charge is 0.243 e. The van der Waals surface area contributed by atoms with E-state index in [2.05, 4.69) is 55.6 Å². The first-order valence-electron chi connectivity index (χ1n) is 10.9. The monoisotopic (exact) mass is 559 g/mol. The number of benzene rings is 2. The maximum Gasteiger partial charge on any atom is 0.243 e. The number of nitrogens with one attached hydrogen (secondary N) is 2. The van der Waals surface area contributed by atoms with Gasteiger partial charge in [0.25, 0.3) is 0 Å². The fourth-order valence-electron chi connectivity index (χ4n) is 4.33. The van der Waals surface area contributed by atoms with E-state index in [0.29, 0.717) is 17.7 Å². The third kappa shape index (κ3) is 6.47. The average molecular weight is 559 g/mol. The molecule has 0 aliphatic carbocycles. The number of nitrogens with zero attached hydrogens (tertiary/aromatic N) is 3. The molecule has 174 valence electrons. The number of guanidine groups is 1. The van der Waals surface area contributed by atoms with Crippen LogP contribution in [0.4, 0.5) is 5.69 Å². The number of carbonyl (C=O) groups is 1. The summed E-state index contributed by atoms with van der Waals surface area (Å²) in [6.45, 7) is 4.23. The first-order valence-corrected chi connectivity index (χ1v) is 10.9. The third-order valence-corrected chi connectivity index (χ3v) is 5.88. The van der Waals surface area contributed by atoms with E-state index in [1.807, 2.05) is 24.3 Å². The van der Waals surface area contributed by atoms with Crippen molar-refractivity contribution in [2.75, 3.05) is 45.2 Å². The minimum Gasteiger partial charge on any atom is -0.373 e. The molecule has 7 nitrogen and oxygen atoms in total. The van der Waals surface area contributed by atoms with Crippen LogP contribution < -0.4 is 10.6 Å². The van der Waals surface area contributed by atoms with Crippen LogP contribution in [0.25, 0.3) is 0 Å². The van der Waals surface area contributed by atoms with E-state index >= 15 is 0 Å². The molecule has 1 amide bonds. The number of terminal acetylenes is 1. The fraction of sp³-hybridized carbons (Fsp3) is 0.360. The van der Waals surface area contributed by atoms with Crippen LogP contribution >= 0.6 is 24.0 Å². The number of hydrogen-bond acceptors (Lipinski definition) is 4. The standard InChI is InChI=1S/C25H29N5O2.HI/c1-3-19-10-7-11-21(14-19)28-24(31)15-27-25(26-2)30-17-22-23(18-30)32-13-12-29(22)16-20-8-5-4-6-9-20;/h1,4-11,14,22-23H,12-13,15-18H2,2H3,(H,26,27)(H,28,31);1H. The molecule has 2 atom stereocenters. The second-order valence-electron chi connectivity index (χ2n) is 8.01. The van der Waals surface area contributed by atoms with E-state index in [0.717, 1.165) is 38.3 Å². The van der Waals surface area contributed by atoms with Crippen molar-refractivity contribution >= 4 is 41.5 Å². The molecule has 2 fully saturated rings. The summed E-state index contributed by atoms with van der Waals surface area (Å²) in [5.41, 5.74) is 2.71. The molecule has 33 heavy (non-hydrogen) atoms. The van der Waals surface area contributed by atoms with Gasteiger partial charge >= 0.3 is 0 Å². The number of morpholine rings is 1. The maximum absolute atomic E-state index is 12.4. The Morgan fingerprint density at radius 2 is 2.03 bits per heavy atom. The van der Waals surface area contributed by atoms with Crippen molar-refractivity contribution < 1.29 is 9.53 Å². The van der Waals surface area contributed by atoms with Gasteiger partial charge in [-0.05, 0) is 23.8 Å². The van der Waals surface area contributed by atoms with Crippen LogP contribution in [0.15, 0.2) is 59.6 Å². The topological polar surface area (TPSA) is 69.2 Å². The molecule has 0 aromatic heterocycles. The Kier molecular flexibility index (Phi) is 9.11. The lowest BCUT2D eigenvalue weighted by Gasteiger charge is -2.36. The van der Waals surface area contributed by atoms with Gasteiger partial charge in [0.05, 0.1) is 25.3 Å². The van der Waals surface area contributed by atoms with Gasteiger partial charge in [-0.3, -0.25) is 14.7 Å². The predicted octanol–water partition coefficient (Wildman–Crippen LogP) is 2.39. The molecule has 0 radical (unpaired) electrons. The quantitative estimate of drug-likeness (QED) is 0.255. The van der Waals surface area contributed by atoms with Gasteiger partial charge in [0.2, 0.25) is 5.91 Å². The van der Waals surface area contributed by atoms with Crippen molar-refractivity contribution in [3.8, 4) is 12.3 Å². The van der Waals surface area contributed by atoms with Crippen LogP contribution in [0.3, 0.4) is 0 Å². The summed E-state index contributed by atoms with van der Waals surface area (Å²) < 4.78 is 6.06. The van der Waals surface area contributed by atoms with Crippen molar-refractivity contribution in [3.05, 3.63) is 65.7 Å². The lowest BCUT2D eigenvalue weighted by molar-refractivity contribution is -0.115. The Labute approximate surface area is 212 Å². The Morgan fingerprint density at radius 1 is 1.21 bits per heavy atom. The zero-order valence-electron chi connectivity index (χ0n) is 18.7. The van der Waals surface area contributed by atoms with Gasteiger partial charge in [0.1, 0.15) is 0 Å². The average Bonchev–Trinajstić information content (AvgIpc) is 3.25. The highest BCUT2D eigenvalue weighted by atomic mass is 127. The highest BCUT2D eigenvalue weighted by Gasteiger charge is 2.41. The van der Waals surface area contributed by atoms with Crippen molar-refractivity contribution in [1.29, 1.82) is 0 Å². The highest BCUT2D eigenvalue weighted by molar-refractivity contribution is 14.0. The summed E-state index contributed by atoms with van der Waals surface area (Å²) in [5, 5.41) is 6.05. The van der Waals surface area contributed by atoms with Gasteiger partial charge in [0, 0.05) is 44.5 Å². The first-order chi connectivity index (χ1) is 15.7. The molecular weight excluding hydrogens is 529 g/mol. The van der Waals surface area contributed by atoms with Gasteiger partial charge in [-0.25, -0.2) is 0 Å². The van der Waals surface area contributed by atoms with E-state index < -0.39 is 0 Å². The number of anilines is 1. The molecule has 8 heteroatoms. The summed E-state index contributed by atoms with van der Waals surface area (Å²) in [6.07, 6.45) is 5.56. The molecule has 4 rings (SSSR count). The Hall–Kier alpha value is -2.61. The molecule has 2 saturated heterocycles. The van der Waals surface area contributed by atoms with Crippen LogP contribution in [0.5, 0.6) is 0 Å². The van der Waals surface area contributed by atoms with E-state index in [4.69, 9.17) is 11.2 Å². The second kappa shape index (κ2) is 12.0.